The average molecular weight is 182 g/mol. The van der Waals surface area contributed by atoms with Crippen molar-refractivity contribution in [2.75, 3.05) is 0 Å². The van der Waals surface area contributed by atoms with Gasteiger partial charge in [0.25, 0.3) is 0 Å². The Hall–Kier alpha value is -0.790. The molecule has 0 saturated heterocycles. The number of ether oxygens (including phenoxy) is 1. The molecule has 13 heavy (non-hydrogen) atoms. The van der Waals surface area contributed by atoms with Gasteiger partial charge in [0.1, 0.15) is 5.60 Å². The molecule has 0 aromatic rings. The SMILES string of the molecule is C=CC(=O)OC1(C)CCCCC1C. The molecule has 0 aromatic heterocycles. The maximum Gasteiger partial charge on any atom is 0.330 e. The van der Waals surface area contributed by atoms with Crippen LogP contribution >= 0.6 is 0 Å². The van der Waals surface area contributed by atoms with Crippen molar-refractivity contribution in [3.63, 3.8) is 0 Å². The summed E-state index contributed by atoms with van der Waals surface area (Å²) < 4.78 is 5.38. The first-order valence-corrected chi connectivity index (χ1v) is 4.94. The molecule has 0 spiro atoms. The highest BCUT2D eigenvalue weighted by molar-refractivity contribution is 5.81. The molecule has 1 aliphatic rings. The second-order valence-electron chi connectivity index (χ2n) is 4.08. The molecular weight excluding hydrogens is 164 g/mol. The van der Waals surface area contributed by atoms with Crippen molar-refractivity contribution in [1.29, 1.82) is 0 Å². The molecule has 2 atom stereocenters. The van der Waals surface area contributed by atoms with E-state index in [0.29, 0.717) is 5.92 Å². The normalized spacial score (nSPS) is 33.8. The van der Waals surface area contributed by atoms with Crippen molar-refractivity contribution in [2.24, 2.45) is 5.92 Å². The van der Waals surface area contributed by atoms with Crippen LogP contribution in [0.5, 0.6) is 0 Å². The molecule has 0 bridgehead atoms. The fraction of sp³-hybridized carbons (Fsp3) is 0.727. The first kappa shape index (κ1) is 10.3. The Morgan fingerprint density at radius 2 is 2.31 bits per heavy atom. The predicted molar refractivity (Wildman–Crippen MR) is 52.3 cm³/mol. The van der Waals surface area contributed by atoms with E-state index >= 15 is 0 Å². The van der Waals surface area contributed by atoms with E-state index in [1.807, 2.05) is 6.92 Å². The molecule has 1 fully saturated rings. The molecule has 0 N–H and O–H groups in total. The van der Waals surface area contributed by atoms with E-state index in [0.717, 1.165) is 19.3 Å². The minimum atomic E-state index is -0.295. The standard InChI is InChI=1S/C11H18O2/c1-4-10(12)13-11(3)8-6-5-7-9(11)2/h4,9H,1,5-8H2,2-3H3. The fourth-order valence-electron chi connectivity index (χ4n) is 1.90. The highest BCUT2D eigenvalue weighted by Gasteiger charge is 2.36. The van der Waals surface area contributed by atoms with Crippen LogP contribution in [0.4, 0.5) is 0 Å². The van der Waals surface area contributed by atoms with Crippen molar-refractivity contribution < 1.29 is 9.53 Å². The zero-order valence-corrected chi connectivity index (χ0v) is 8.51. The van der Waals surface area contributed by atoms with Gasteiger partial charge in [0.05, 0.1) is 0 Å². The van der Waals surface area contributed by atoms with Crippen LogP contribution < -0.4 is 0 Å². The van der Waals surface area contributed by atoms with Crippen LogP contribution in [0.1, 0.15) is 39.5 Å². The topological polar surface area (TPSA) is 26.3 Å². The number of carbonyl (C=O) groups is 1. The third kappa shape index (κ3) is 2.33. The Morgan fingerprint density at radius 3 is 2.85 bits per heavy atom. The molecule has 2 unspecified atom stereocenters. The lowest BCUT2D eigenvalue weighted by Crippen LogP contribution is -2.40. The van der Waals surface area contributed by atoms with Gasteiger partial charge in [0.15, 0.2) is 0 Å². The van der Waals surface area contributed by atoms with Crippen molar-refractivity contribution in [1.82, 2.24) is 0 Å². The summed E-state index contributed by atoms with van der Waals surface area (Å²) in [6.45, 7) is 7.58. The Bertz CT molecular complexity index is 210. The molecule has 2 heteroatoms. The molecule has 1 saturated carbocycles. The molecule has 0 aliphatic heterocycles. The third-order valence-electron chi connectivity index (χ3n) is 3.10. The van der Waals surface area contributed by atoms with Gasteiger partial charge in [-0.25, -0.2) is 4.79 Å². The van der Waals surface area contributed by atoms with Crippen molar-refractivity contribution in [3.05, 3.63) is 12.7 Å². The van der Waals surface area contributed by atoms with Crippen LogP contribution in [0.2, 0.25) is 0 Å². The molecule has 74 valence electrons. The van der Waals surface area contributed by atoms with Gasteiger partial charge >= 0.3 is 5.97 Å². The van der Waals surface area contributed by atoms with Crippen molar-refractivity contribution in [2.45, 2.75) is 45.1 Å². The van der Waals surface area contributed by atoms with Gasteiger partial charge in [-0.1, -0.05) is 19.9 Å². The van der Waals surface area contributed by atoms with E-state index in [1.165, 1.54) is 12.5 Å². The maximum absolute atomic E-state index is 11.1. The summed E-state index contributed by atoms with van der Waals surface area (Å²) in [7, 11) is 0. The molecule has 0 heterocycles. The van der Waals surface area contributed by atoms with Crippen LogP contribution in [-0.4, -0.2) is 11.6 Å². The summed E-state index contributed by atoms with van der Waals surface area (Å²) in [5.74, 6) is 0.168. The van der Waals surface area contributed by atoms with Crippen molar-refractivity contribution in [3.8, 4) is 0 Å². The Labute approximate surface area is 80.0 Å². The van der Waals surface area contributed by atoms with Crippen LogP contribution in [0.25, 0.3) is 0 Å². The predicted octanol–water partition coefficient (Wildman–Crippen LogP) is 2.68. The Morgan fingerprint density at radius 1 is 1.62 bits per heavy atom. The van der Waals surface area contributed by atoms with Crippen LogP contribution in [0.3, 0.4) is 0 Å². The van der Waals surface area contributed by atoms with Crippen LogP contribution in [0.15, 0.2) is 12.7 Å². The largest absolute Gasteiger partial charge is 0.456 e. The summed E-state index contributed by atoms with van der Waals surface area (Å²) in [4.78, 5) is 11.1. The average Bonchev–Trinajstić information content (AvgIpc) is 2.10. The van der Waals surface area contributed by atoms with Crippen molar-refractivity contribution >= 4 is 5.97 Å². The molecule has 2 nitrogen and oxygen atoms in total. The fourth-order valence-corrected chi connectivity index (χ4v) is 1.90. The van der Waals surface area contributed by atoms with E-state index in [9.17, 15) is 4.79 Å². The Kier molecular flexibility index (Phi) is 3.12. The minimum Gasteiger partial charge on any atom is -0.456 e. The van der Waals surface area contributed by atoms with Gasteiger partial charge in [0, 0.05) is 6.08 Å². The van der Waals surface area contributed by atoms with Gasteiger partial charge in [0.2, 0.25) is 0 Å². The number of rotatable bonds is 2. The molecule has 1 rings (SSSR count). The van der Waals surface area contributed by atoms with Gasteiger partial charge in [-0.05, 0) is 32.1 Å². The lowest BCUT2D eigenvalue weighted by Gasteiger charge is -2.38. The second-order valence-corrected chi connectivity index (χ2v) is 4.08. The zero-order valence-electron chi connectivity index (χ0n) is 8.51. The van der Waals surface area contributed by atoms with Gasteiger partial charge < -0.3 is 4.74 Å². The molecular formula is C11H18O2. The smallest absolute Gasteiger partial charge is 0.330 e. The van der Waals surface area contributed by atoms with Crippen LogP contribution in [0, 0.1) is 5.92 Å². The lowest BCUT2D eigenvalue weighted by atomic mass is 9.77. The van der Waals surface area contributed by atoms with Crippen LogP contribution in [-0.2, 0) is 9.53 Å². The number of esters is 1. The third-order valence-corrected chi connectivity index (χ3v) is 3.10. The first-order chi connectivity index (χ1) is 6.08. The minimum absolute atomic E-state index is 0.260. The molecule has 1 aliphatic carbocycles. The van der Waals surface area contributed by atoms with Gasteiger partial charge in [-0.15, -0.1) is 0 Å². The highest BCUT2D eigenvalue weighted by Crippen LogP contribution is 2.36. The summed E-state index contributed by atoms with van der Waals surface area (Å²) in [5.41, 5.74) is -0.260. The first-order valence-electron chi connectivity index (χ1n) is 4.94. The zero-order chi connectivity index (χ0) is 9.90. The number of hydrogen-bond donors (Lipinski definition) is 0. The second kappa shape index (κ2) is 3.95. The quantitative estimate of drug-likeness (QED) is 0.485. The van der Waals surface area contributed by atoms with Gasteiger partial charge in [-0.2, -0.15) is 0 Å². The van der Waals surface area contributed by atoms with E-state index in [4.69, 9.17) is 4.74 Å². The summed E-state index contributed by atoms with van der Waals surface area (Å²) in [6.07, 6.45) is 5.79. The Balaban J connectivity index is 2.61. The van der Waals surface area contributed by atoms with E-state index in [2.05, 4.69) is 13.5 Å². The maximum atomic E-state index is 11.1. The highest BCUT2D eigenvalue weighted by atomic mass is 16.6. The van der Waals surface area contributed by atoms with E-state index < -0.39 is 0 Å². The monoisotopic (exact) mass is 182 g/mol. The summed E-state index contributed by atoms with van der Waals surface area (Å²) in [6, 6.07) is 0. The molecule has 0 amide bonds. The van der Waals surface area contributed by atoms with Gasteiger partial charge in [-0.3, -0.25) is 0 Å². The van der Waals surface area contributed by atoms with E-state index in [-0.39, 0.29) is 11.6 Å². The number of hydrogen-bond acceptors (Lipinski definition) is 2. The molecule has 0 radical (unpaired) electrons. The summed E-state index contributed by atoms with van der Waals surface area (Å²) >= 11 is 0. The summed E-state index contributed by atoms with van der Waals surface area (Å²) in [5, 5.41) is 0. The van der Waals surface area contributed by atoms with E-state index in [1.54, 1.807) is 0 Å². The number of carbonyl (C=O) groups excluding carboxylic acids is 1. The lowest BCUT2D eigenvalue weighted by molar-refractivity contribution is -0.160. The molecule has 0 aromatic carbocycles.